The van der Waals surface area contributed by atoms with Gasteiger partial charge in [-0.3, -0.25) is 0 Å². The zero-order valence-corrected chi connectivity index (χ0v) is 19.2. The standard InChI is InChI=1S/C28H27F2NS/c1-2-3-4-5-21-6-8-22(9-7-21)10-11-23-12-15-25(26(29)18-23)16-13-24-14-17-28(32-20-31)27(30)19-24/h12,14-15,17-19,21-22H,2-9H2,1H3. The van der Waals surface area contributed by atoms with Crippen molar-refractivity contribution in [3.8, 4) is 29.1 Å². The van der Waals surface area contributed by atoms with E-state index in [0.717, 1.165) is 30.5 Å². The molecule has 1 nitrogen and oxygen atoms in total. The number of hydrogen-bond acceptors (Lipinski definition) is 2. The molecular formula is C28H27F2NS. The van der Waals surface area contributed by atoms with Crippen molar-refractivity contribution in [1.29, 1.82) is 5.26 Å². The Balaban J connectivity index is 1.59. The summed E-state index contributed by atoms with van der Waals surface area (Å²) >= 11 is 0.757. The Bertz CT molecular complexity index is 1090. The molecule has 0 bridgehead atoms. The van der Waals surface area contributed by atoms with Crippen LogP contribution in [0.15, 0.2) is 41.3 Å². The van der Waals surface area contributed by atoms with Gasteiger partial charge in [-0.25, -0.2) is 8.78 Å². The lowest BCUT2D eigenvalue weighted by molar-refractivity contribution is 0.294. The van der Waals surface area contributed by atoms with E-state index in [-0.39, 0.29) is 10.5 Å². The van der Waals surface area contributed by atoms with Crippen LogP contribution in [-0.4, -0.2) is 0 Å². The third-order valence-corrected chi connectivity index (χ3v) is 6.52. The first-order chi connectivity index (χ1) is 15.6. The minimum absolute atomic E-state index is 0.247. The van der Waals surface area contributed by atoms with E-state index in [0.29, 0.717) is 17.0 Å². The van der Waals surface area contributed by atoms with Crippen molar-refractivity contribution < 1.29 is 8.78 Å². The van der Waals surface area contributed by atoms with Gasteiger partial charge in [0.05, 0.1) is 10.5 Å². The van der Waals surface area contributed by atoms with Crippen molar-refractivity contribution in [2.45, 2.75) is 63.2 Å². The lowest BCUT2D eigenvalue weighted by Crippen LogP contribution is -2.13. The van der Waals surface area contributed by atoms with Gasteiger partial charge in [-0.1, -0.05) is 56.3 Å². The minimum Gasteiger partial charge on any atom is -0.206 e. The first kappa shape index (κ1) is 23.9. The van der Waals surface area contributed by atoms with Crippen molar-refractivity contribution >= 4 is 11.8 Å². The topological polar surface area (TPSA) is 23.8 Å². The van der Waals surface area contributed by atoms with Crippen LogP contribution in [0.3, 0.4) is 0 Å². The highest BCUT2D eigenvalue weighted by atomic mass is 32.2. The number of thioether (sulfide) groups is 1. The largest absolute Gasteiger partial charge is 0.206 e. The molecule has 0 spiro atoms. The Hall–Kier alpha value is -2.74. The van der Waals surface area contributed by atoms with E-state index in [1.165, 1.54) is 56.7 Å². The van der Waals surface area contributed by atoms with Crippen LogP contribution in [-0.2, 0) is 0 Å². The molecule has 2 aromatic rings. The summed E-state index contributed by atoms with van der Waals surface area (Å²) in [6, 6.07) is 9.19. The molecule has 0 amide bonds. The first-order valence-corrected chi connectivity index (χ1v) is 12.1. The van der Waals surface area contributed by atoms with Crippen molar-refractivity contribution in [3.63, 3.8) is 0 Å². The van der Waals surface area contributed by atoms with Crippen LogP contribution in [0.25, 0.3) is 0 Å². The summed E-state index contributed by atoms with van der Waals surface area (Å²) in [7, 11) is 0. The summed E-state index contributed by atoms with van der Waals surface area (Å²) < 4.78 is 28.4. The maximum absolute atomic E-state index is 14.5. The Morgan fingerprint density at radius 2 is 1.62 bits per heavy atom. The maximum Gasteiger partial charge on any atom is 0.140 e. The molecule has 3 rings (SSSR count). The van der Waals surface area contributed by atoms with Crippen LogP contribution in [0.4, 0.5) is 8.78 Å². The van der Waals surface area contributed by atoms with E-state index in [1.807, 2.05) is 5.40 Å². The van der Waals surface area contributed by atoms with Crippen molar-refractivity contribution in [2.75, 3.05) is 0 Å². The van der Waals surface area contributed by atoms with Gasteiger partial charge in [0, 0.05) is 17.0 Å². The van der Waals surface area contributed by atoms with Crippen LogP contribution < -0.4 is 0 Å². The molecule has 1 saturated carbocycles. The summed E-state index contributed by atoms with van der Waals surface area (Å²) in [6.45, 7) is 2.24. The number of nitriles is 1. The zero-order valence-electron chi connectivity index (χ0n) is 18.4. The molecular weight excluding hydrogens is 420 g/mol. The molecule has 164 valence electrons. The van der Waals surface area contributed by atoms with Crippen LogP contribution in [0.1, 0.15) is 75.0 Å². The highest BCUT2D eigenvalue weighted by Crippen LogP contribution is 2.31. The summed E-state index contributed by atoms with van der Waals surface area (Å²) in [4.78, 5) is 0.247. The van der Waals surface area contributed by atoms with Gasteiger partial charge in [-0.05, 0) is 79.8 Å². The average Bonchev–Trinajstić information content (AvgIpc) is 2.80. The lowest BCUT2D eigenvalue weighted by atomic mass is 9.80. The van der Waals surface area contributed by atoms with Gasteiger partial charge < -0.3 is 0 Å². The van der Waals surface area contributed by atoms with E-state index in [9.17, 15) is 8.78 Å². The average molecular weight is 448 g/mol. The van der Waals surface area contributed by atoms with E-state index in [2.05, 4.69) is 30.6 Å². The molecule has 0 saturated heterocycles. The SMILES string of the molecule is CCCCCC1CCC(C#Cc2ccc(C#Cc3ccc(SC#N)c(F)c3)c(F)c2)CC1. The number of hydrogen-bond donors (Lipinski definition) is 0. The van der Waals surface area contributed by atoms with E-state index in [4.69, 9.17) is 5.26 Å². The molecule has 1 aliphatic rings. The van der Waals surface area contributed by atoms with Gasteiger partial charge in [0.15, 0.2) is 0 Å². The molecule has 32 heavy (non-hydrogen) atoms. The predicted molar refractivity (Wildman–Crippen MR) is 127 cm³/mol. The van der Waals surface area contributed by atoms with Gasteiger partial charge in [-0.15, -0.1) is 0 Å². The number of unbranched alkanes of at least 4 members (excludes halogenated alkanes) is 2. The molecule has 0 aromatic heterocycles. The predicted octanol–water partition coefficient (Wildman–Crippen LogP) is 7.68. The third kappa shape index (κ3) is 7.15. The highest BCUT2D eigenvalue weighted by molar-refractivity contribution is 8.03. The van der Waals surface area contributed by atoms with E-state index < -0.39 is 11.6 Å². The third-order valence-electron chi connectivity index (χ3n) is 5.88. The molecule has 2 aromatic carbocycles. The molecule has 1 fully saturated rings. The quantitative estimate of drug-likeness (QED) is 0.203. The number of halogens is 2. The van der Waals surface area contributed by atoms with Gasteiger partial charge in [0.1, 0.15) is 17.0 Å². The van der Waals surface area contributed by atoms with Crippen molar-refractivity contribution in [1.82, 2.24) is 0 Å². The van der Waals surface area contributed by atoms with Gasteiger partial charge in [0.2, 0.25) is 0 Å². The summed E-state index contributed by atoms with van der Waals surface area (Å²) in [5.41, 5.74) is 1.33. The van der Waals surface area contributed by atoms with Crippen LogP contribution in [0.2, 0.25) is 0 Å². The first-order valence-electron chi connectivity index (χ1n) is 11.3. The second-order valence-corrected chi connectivity index (χ2v) is 9.09. The van der Waals surface area contributed by atoms with Crippen molar-refractivity contribution in [3.05, 3.63) is 64.7 Å². The molecule has 1 aliphatic carbocycles. The maximum atomic E-state index is 14.5. The molecule has 0 radical (unpaired) electrons. The molecule has 0 atom stereocenters. The van der Waals surface area contributed by atoms with Crippen LogP contribution >= 0.6 is 11.8 Å². The van der Waals surface area contributed by atoms with Crippen molar-refractivity contribution in [2.24, 2.45) is 11.8 Å². The number of nitrogens with zero attached hydrogens (tertiary/aromatic N) is 1. The lowest BCUT2D eigenvalue weighted by Gasteiger charge is -2.25. The molecule has 0 heterocycles. The number of benzene rings is 2. The minimum atomic E-state index is -0.510. The van der Waals surface area contributed by atoms with Gasteiger partial charge in [-0.2, -0.15) is 5.26 Å². The van der Waals surface area contributed by atoms with E-state index >= 15 is 0 Å². The fourth-order valence-electron chi connectivity index (χ4n) is 4.01. The number of thiocyanates is 1. The summed E-state index contributed by atoms with van der Waals surface area (Å²) in [5.74, 6) is 12.3. The van der Waals surface area contributed by atoms with Gasteiger partial charge in [0.25, 0.3) is 0 Å². The molecule has 0 unspecified atom stereocenters. The second-order valence-electron chi connectivity index (χ2n) is 8.27. The Morgan fingerprint density at radius 3 is 2.31 bits per heavy atom. The second kappa shape index (κ2) is 12.3. The normalized spacial score (nSPS) is 17.4. The monoisotopic (exact) mass is 447 g/mol. The molecule has 0 aliphatic heterocycles. The zero-order chi connectivity index (χ0) is 22.8. The number of rotatable bonds is 5. The Kier molecular flexibility index (Phi) is 9.22. The summed E-state index contributed by atoms with van der Waals surface area (Å²) in [6.07, 6.45) is 10.1. The van der Waals surface area contributed by atoms with Crippen LogP contribution in [0, 0.1) is 57.8 Å². The Morgan fingerprint density at radius 1 is 0.906 bits per heavy atom. The fourth-order valence-corrected chi connectivity index (χ4v) is 4.40. The van der Waals surface area contributed by atoms with Gasteiger partial charge >= 0.3 is 0 Å². The molecule has 0 N–H and O–H groups in total. The fraction of sp³-hybridized carbons (Fsp3) is 0.393. The van der Waals surface area contributed by atoms with E-state index in [1.54, 1.807) is 18.2 Å². The highest BCUT2D eigenvalue weighted by Gasteiger charge is 2.19. The Labute approximate surface area is 194 Å². The summed E-state index contributed by atoms with van der Waals surface area (Å²) in [5, 5.41) is 10.5. The molecule has 4 heteroatoms. The van der Waals surface area contributed by atoms with Crippen LogP contribution in [0.5, 0.6) is 0 Å². The smallest absolute Gasteiger partial charge is 0.140 e.